The third-order valence-electron chi connectivity index (χ3n) is 2.91. The van der Waals surface area contributed by atoms with Crippen molar-refractivity contribution in [2.24, 2.45) is 0 Å². The molecule has 1 heterocycles. The number of piperidine rings is 1. The van der Waals surface area contributed by atoms with Gasteiger partial charge in [0.1, 0.15) is 6.10 Å². The summed E-state index contributed by atoms with van der Waals surface area (Å²) < 4.78 is 5.31. The normalized spacial score (nSPS) is 23.9. The van der Waals surface area contributed by atoms with Crippen molar-refractivity contribution >= 4 is 5.91 Å². The molecule has 0 aromatic rings. The van der Waals surface area contributed by atoms with Crippen LogP contribution in [0.3, 0.4) is 0 Å². The number of amides is 1. The summed E-state index contributed by atoms with van der Waals surface area (Å²) in [5.41, 5.74) is 0. The minimum absolute atomic E-state index is 0.122. The van der Waals surface area contributed by atoms with Crippen LogP contribution in [0.25, 0.3) is 0 Å². The van der Waals surface area contributed by atoms with Gasteiger partial charge in [0.25, 0.3) is 5.91 Å². The van der Waals surface area contributed by atoms with E-state index in [-0.39, 0.29) is 12.0 Å². The summed E-state index contributed by atoms with van der Waals surface area (Å²) in [4.78, 5) is 13.8. The van der Waals surface area contributed by atoms with Crippen LogP contribution in [-0.2, 0) is 9.53 Å². The molecule has 4 nitrogen and oxygen atoms in total. The predicted molar refractivity (Wildman–Crippen MR) is 59.7 cm³/mol. The SMILES string of the molecule is CCOC(C)C(=O)N1CCCC(NC)C1. The molecule has 1 rings (SSSR count). The van der Waals surface area contributed by atoms with Crippen molar-refractivity contribution < 1.29 is 9.53 Å². The second-order valence-electron chi connectivity index (χ2n) is 4.01. The third kappa shape index (κ3) is 3.47. The van der Waals surface area contributed by atoms with Gasteiger partial charge in [0.05, 0.1) is 0 Å². The fourth-order valence-electron chi connectivity index (χ4n) is 1.99. The van der Waals surface area contributed by atoms with Crippen molar-refractivity contribution in [1.82, 2.24) is 10.2 Å². The molecule has 1 aliphatic heterocycles. The topological polar surface area (TPSA) is 41.6 Å². The largest absolute Gasteiger partial charge is 0.369 e. The van der Waals surface area contributed by atoms with Crippen LogP contribution >= 0.6 is 0 Å². The van der Waals surface area contributed by atoms with Gasteiger partial charge < -0.3 is 15.0 Å². The second-order valence-corrected chi connectivity index (χ2v) is 4.01. The van der Waals surface area contributed by atoms with E-state index in [9.17, 15) is 4.79 Å². The molecular weight excluding hydrogens is 192 g/mol. The van der Waals surface area contributed by atoms with E-state index >= 15 is 0 Å². The summed E-state index contributed by atoms with van der Waals surface area (Å²) in [7, 11) is 1.95. The molecule has 15 heavy (non-hydrogen) atoms. The van der Waals surface area contributed by atoms with Gasteiger partial charge in [-0.25, -0.2) is 0 Å². The molecule has 0 spiro atoms. The maximum absolute atomic E-state index is 11.9. The maximum atomic E-state index is 11.9. The molecule has 0 aromatic heterocycles. The smallest absolute Gasteiger partial charge is 0.251 e. The van der Waals surface area contributed by atoms with E-state index in [1.807, 2.05) is 25.8 Å². The number of hydrogen-bond donors (Lipinski definition) is 1. The summed E-state index contributed by atoms with van der Waals surface area (Å²) in [6, 6.07) is 0.441. The molecule has 2 unspecified atom stereocenters. The van der Waals surface area contributed by atoms with Gasteiger partial charge in [-0.3, -0.25) is 4.79 Å². The standard InChI is InChI=1S/C11H22N2O2/c1-4-15-9(2)11(14)13-7-5-6-10(8-13)12-3/h9-10,12H,4-8H2,1-3H3. The van der Waals surface area contributed by atoms with E-state index in [1.54, 1.807) is 0 Å². The molecule has 1 amide bonds. The van der Waals surface area contributed by atoms with Crippen molar-refractivity contribution in [2.75, 3.05) is 26.7 Å². The molecule has 88 valence electrons. The number of carbonyl (C=O) groups is 1. The first-order valence-electron chi connectivity index (χ1n) is 5.76. The van der Waals surface area contributed by atoms with Gasteiger partial charge in [-0.05, 0) is 33.7 Å². The molecule has 0 saturated carbocycles. The van der Waals surface area contributed by atoms with E-state index in [0.29, 0.717) is 12.6 Å². The summed E-state index contributed by atoms with van der Waals surface area (Å²) in [6.45, 7) is 6.02. The lowest BCUT2D eigenvalue weighted by Gasteiger charge is -2.34. The average Bonchev–Trinajstić information content (AvgIpc) is 2.28. The van der Waals surface area contributed by atoms with Crippen LogP contribution in [-0.4, -0.2) is 49.7 Å². The molecule has 0 aliphatic carbocycles. The Morgan fingerprint density at radius 1 is 1.67 bits per heavy atom. The number of carbonyl (C=O) groups excluding carboxylic acids is 1. The van der Waals surface area contributed by atoms with Crippen LogP contribution in [0.15, 0.2) is 0 Å². The van der Waals surface area contributed by atoms with Gasteiger partial charge in [0, 0.05) is 25.7 Å². The molecule has 4 heteroatoms. The van der Waals surface area contributed by atoms with Crippen LogP contribution in [0.4, 0.5) is 0 Å². The average molecular weight is 214 g/mol. The molecule has 0 bridgehead atoms. The van der Waals surface area contributed by atoms with E-state index in [1.165, 1.54) is 0 Å². The highest BCUT2D eigenvalue weighted by Crippen LogP contribution is 2.11. The van der Waals surface area contributed by atoms with Gasteiger partial charge >= 0.3 is 0 Å². The number of hydrogen-bond acceptors (Lipinski definition) is 3. The molecule has 1 saturated heterocycles. The highest BCUT2D eigenvalue weighted by molar-refractivity contribution is 5.80. The Morgan fingerprint density at radius 2 is 2.40 bits per heavy atom. The van der Waals surface area contributed by atoms with Crippen molar-refractivity contribution in [1.29, 1.82) is 0 Å². The fourth-order valence-corrected chi connectivity index (χ4v) is 1.99. The summed E-state index contributed by atoms with van der Waals surface area (Å²) in [5.74, 6) is 0.122. The Hall–Kier alpha value is -0.610. The Kier molecular flexibility index (Phi) is 5.05. The first-order valence-corrected chi connectivity index (χ1v) is 5.76. The first-order chi connectivity index (χ1) is 7.19. The van der Waals surface area contributed by atoms with Crippen LogP contribution in [0, 0.1) is 0 Å². The van der Waals surface area contributed by atoms with Gasteiger partial charge in [-0.2, -0.15) is 0 Å². The lowest BCUT2D eigenvalue weighted by molar-refractivity contribution is -0.143. The number of nitrogens with one attached hydrogen (secondary N) is 1. The van der Waals surface area contributed by atoms with E-state index in [0.717, 1.165) is 25.9 Å². The first kappa shape index (κ1) is 12.5. The second kappa shape index (κ2) is 6.08. The Balaban J connectivity index is 2.44. The lowest BCUT2D eigenvalue weighted by atomic mass is 10.1. The van der Waals surface area contributed by atoms with Crippen LogP contribution in [0.2, 0.25) is 0 Å². The highest BCUT2D eigenvalue weighted by Gasteiger charge is 2.25. The molecule has 0 aromatic carbocycles. The Labute approximate surface area is 92.0 Å². The van der Waals surface area contributed by atoms with E-state index < -0.39 is 0 Å². The van der Waals surface area contributed by atoms with Crippen LogP contribution in [0.5, 0.6) is 0 Å². The zero-order valence-electron chi connectivity index (χ0n) is 9.95. The van der Waals surface area contributed by atoms with Gasteiger partial charge in [0.2, 0.25) is 0 Å². The molecule has 2 atom stereocenters. The monoisotopic (exact) mass is 214 g/mol. The summed E-state index contributed by atoms with van der Waals surface area (Å²) in [5, 5.41) is 3.22. The van der Waals surface area contributed by atoms with Crippen molar-refractivity contribution in [2.45, 2.75) is 38.8 Å². The Morgan fingerprint density at radius 3 is 3.00 bits per heavy atom. The molecule has 1 aliphatic rings. The lowest BCUT2D eigenvalue weighted by Crippen LogP contribution is -2.49. The minimum Gasteiger partial charge on any atom is -0.369 e. The maximum Gasteiger partial charge on any atom is 0.251 e. The quantitative estimate of drug-likeness (QED) is 0.746. The number of nitrogens with zero attached hydrogens (tertiary/aromatic N) is 1. The Bertz CT molecular complexity index is 209. The van der Waals surface area contributed by atoms with E-state index in [2.05, 4.69) is 5.32 Å². The molecule has 1 fully saturated rings. The van der Waals surface area contributed by atoms with Gasteiger partial charge in [-0.1, -0.05) is 0 Å². The van der Waals surface area contributed by atoms with Crippen molar-refractivity contribution in [3.05, 3.63) is 0 Å². The summed E-state index contributed by atoms with van der Waals surface area (Å²) >= 11 is 0. The number of likely N-dealkylation sites (tertiary alicyclic amines) is 1. The molecule has 1 N–H and O–H groups in total. The zero-order valence-corrected chi connectivity index (χ0v) is 9.95. The highest BCUT2D eigenvalue weighted by atomic mass is 16.5. The van der Waals surface area contributed by atoms with Crippen LogP contribution in [0.1, 0.15) is 26.7 Å². The van der Waals surface area contributed by atoms with E-state index in [4.69, 9.17) is 4.74 Å². The number of rotatable bonds is 4. The summed E-state index contributed by atoms with van der Waals surface area (Å²) in [6.07, 6.45) is 1.94. The fraction of sp³-hybridized carbons (Fsp3) is 0.909. The van der Waals surface area contributed by atoms with Gasteiger partial charge in [-0.15, -0.1) is 0 Å². The number of ether oxygens (including phenoxy) is 1. The molecular formula is C11H22N2O2. The minimum atomic E-state index is -0.300. The van der Waals surface area contributed by atoms with Crippen molar-refractivity contribution in [3.8, 4) is 0 Å². The number of likely N-dealkylation sites (N-methyl/N-ethyl adjacent to an activating group) is 1. The van der Waals surface area contributed by atoms with Crippen LogP contribution < -0.4 is 5.32 Å². The molecule has 0 radical (unpaired) electrons. The van der Waals surface area contributed by atoms with Gasteiger partial charge in [0.15, 0.2) is 0 Å². The zero-order chi connectivity index (χ0) is 11.3. The predicted octanol–water partition coefficient (Wildman–Crippen LogP) is 0.622. The van der Waals surface area contributed by atoms with Crippen molar-refractivity contribution in [3.63, 3.8) is 0 Å². The third-order valence-corrected chi connectivity index (χ3v) is 2.91.